The minimum atomic E-state index is -1.05. The first-order chi connectivity index (χ1) is 8.60. The van der Waals surface area contributed by atoms with Crippen LogP contribution in [0.15, 0.2) is 18.2 Å². The molecule has 0 amide bonds. The van der Waals surface area contributed by atoms with Gasteiger partial charge in [0.15, 0.2) is 0 Å². The average Bonchev–Trinajstić information content (AvgIpc) is 2.82. The van der Waals surface area contributed by atoms with Gasteiger partial charge in [0.05, 0.1) is 12.0 Å². The second-order valence-electron chi connectivity index (χ2n) is 4.84. The highest BCUT2D eigenvalue weighted by Crippen LogP contribution is 2.42. The summed E-state index contributed by atoms with van der Waals surface area (Å²) in [6.07, 6.45) is 2.69. The molecule has 0 heterocycles. The fourth-order valence-corrected chi connectivity index (χ4v) is 2.77. The Hall–Kier alpha value is -1.42. The maximum atomic E-state index is 14.0. The van der Waals surface area contributed by atoms with E-state index >= 15 is 0 Å². The van der Waals surface area contributed by atoms with Gasteiger partial charge in [-0.1, -0.05) is 18.9 Å². The molecule has 0 saturated heterocycles. The van der Waals surface area contributed by atoms with Gasteiger partial charge in [-0.3, -0.25) is 4.79 Å². The number of aliphatic carboxylic acids is 1. The molecule has 18 heavy (non-hydrogen) atoms. The first-order valence-electron chi connectivity index (χ1n) is 6.11. The molecular weight excluding hydrogens is 235 g/mol. The standard InChI is InChI=1S/C14H17FO3/c1-18-9-10-4-5-12(15)11(8-10)14(13(16)17)6-2-3-7-14/h4-5,8H,2-3,6-7,9H2,1H3,(H,16,17). The maximum absolute atomic E-state index is 14.0. The van der Waals surface area contributed by atoms with Crippen molar-refractivity contribution in [2.45, 2.75) is 37.7 Å². The first kappa shape index (κ1) is 13.0. The van der Waals surface area contributed by atoms with E-state index in [2.05, 4.69) is 0 Å². The van der Waals surface area contributed by atoms with Crippen LogP contribution < -0.4 is 0 Å². The molecule has 1 fully saturated rings. The van der Waals surface area contributed by atoms with Crippen molar-refractivity contribution in [1.29, 1.82) is 0 Å². The van der Waals surface area contributed by atoms with Crippen molar-refractivity contribution in [3.05, 3.63) is 35.1 Å². The molecule has 4 heteroatoms. The smallest absolute Gasteiger partial charge is 0.314 e. The fourth-order valence-electron chi connectivity index (χ4n) is 2.77. The van der Waals surface area contributed by atoms with Crippen molar-refractivity contribution >= 4 is 5.97 Å². The second kappa shape index (κ2) is 5.06. The van der Waals surface area contributed by atoms with Gasteiger partial charge in [-0.2, -0.15) is 0 Å². The van der Waals surface area contributed by atoms with Gasteiger partial charge in [0.25, 0.3) is 0 Å². The lowest BCUT2D eigenvalue weighted by atomic mass is 9.78. The summed E-state index contributed by atoms with van der Waals surface area (Å²) in [7, 11) is 1.56. The van der Waals surface area contributed by atoms with E-state index in [1.807, 2.05) is 0 Å². The van der Waals surface area contributed by atoms with Crippen LogP contribution in [0.4, 0.5) is 4.39 Å². The molecule has 98 valence electrons. The summed E-state index contributed by atoms with van der Waals surface area (Å²) >= 11 is 0. The van der Waals surface area contributed by atoms with Crippen LogP contribution in [0.1, 0.15) is 36.8 Å². The Bertz CT molecular complexity index is 450. The van der Waals surface area contributed by atoms with E-state index in [1.54, 1.807) is 19.2 Å². The van der Waals surface area contributed by atoms with Gasteiger partial charge < -0.3 is 9.84 Å². The molecule has 0 aliphatic heterocycles. The number of methoxy groups -OCH3 is 1. The van der Waals surface area contributed by atoms with Crippen molar-refractivity contribution < 1.29 is 19.0 Å². The third-order valence-electron chi connectivity index (χ3n) is 3.72. The number of hydrogen-bond donors (Lipinski definition) is 1. The topological polar surface area (TPSA) is 46.5 Å². The summed E-state index contributed by atoms with van der Waals surface area (Å²) in [5, 5.41) is 9.46. The third kappa shape index (κ3) is 2.12. The lowest BCUT2D eigenvalue weighted by molar-refractivity contribution is -0.143. The van der Waals surface area contributed by atoms with E-state index in [0.717, 1.165) is 18.4 Å². The minimum Gasteiger partial charge on any atom is -0.481 e. The second-order valence-corrected chi connectivity index (χ2v) is 4.84. The van der Waals surface area contributed by atoms with E-state index in [-0.39, 0.29) is 0 Å². The third-order valence-corrected chi connectivity index (χ3v) is 3.72. The van der Waals surface area contributed by atoms with Crippen LogP contribution in [0.25, 0.3) is 0 Å². The molecule has 0 atom stereocenters. The first-order valence-corrected chi connectivity index (χ1v) is 6.11. The van der Waals surface area contributed by atoms with Gasteiger partial charge in [-0.05, 0) is 30.5 Å². The van der Waals surface area contributed by atoms with E-state index in [9.17, 15) is 14.3 Å². The summed E-state index contributed by atoms with van der Waals surface area (Å²) in [4.78, 5) is 11.5. The van der Waals surface area contributed by atoms with E-state index in [1.165, 1.54) is 6.07 Å². The molecule has 1 aliphatic rings. The molecule has 0 aromatic heterocycles. The van der Waals surface area contributed by atoms with Gasteiger partial charge in [-0.15, -0.1) is 0 Å². The molecule has 2 rings (SSSR count). The zero-order valence-electron chi connectivity index (χ0n) is 10.4. The Morgan fingerprint density at radius 3 is 2.67 bits per heavy atom. The van der Waals surface area contributed by atoms with Crippen molar-refractivity contribution in [1.82, 2.24) is 0 Å². The highest BCUT2D eigenvalue weighted by molar-refractivity contribution is 5.82. The summed E-state index contributed by atoms with van der Waals surface area (Å²) in [5.74, 6) is -1.35. The zero-order chi connectivity index (χ0) is 13.2. The monoisotopic (exact) mass is 252 g/mol. The molecule has 0 spiro atoms. The van der Waals surface area contributed by atoms with Gasteiger partial charge in [0.1, 0.15) is 5.82 Å². The Morgan fingerprint density at radius 2 is 2.11 bits per heavy atom. The Balaban J connectivity index is 2.47. The van der Waals surface area contributed by atoms with Crippen molar-refractivity contribution in [2.24, 2.45) is 0 Å². The fraction of sp³-hybridized carbons (Fsp3) is 0.500. The minimum absolute atomic E-state index is 0.307. The molecule has 0 bridgehead atoms. The van der Waals surface area contributed by atoms with E-state index < -0.39 is 17.2 Å². The number of carboxylic acids is 1. The Labute approximate surface area is 106 Å². The predicted octanol–water partition coefficient (Wildman–Crippen LogP) is 2.87. The van der Waals surface area contributed by atoms with Crippen LogP contribution in [0.5, 0.6) is 0 Å². The molecule has 1 N–H and O–H groups in total. The molecular formula is C14H17FO3. The molecule has 1 aliphatic carbocycles. The number of halogens is 1. The summed E-state index contributed by atoms with van der Waals surface area (Å²) in [6.45, 7) is 0.364. The summed E-state index contributed by atoms with van der Waals surface area (Å²) in [6, 6.07) is 4.61. The van der Waals surface area contributed by atoms with Gasteiger partial charge in [0, 0.05) is 12.7 Å². The van der Waals surface area contributed by atoms with Crippen LogP contribution in [0.3, 0.4) is 0 Å². The largest absolute Gasteiger partial charge is 0.481 e. The molecule has 1 aromatic carbocycles. The van der Waals surface area contributed by atoms with Crippen LogP contribution in [-0.2, 0) is 21.6 Å². The van der Waals surface area contributed by atoms with Crippen molar-refractivity contribution in [3.8, 4) is 0 Å². The van der Waals surface area contributed by atoms with Crippen LogP contribution in [0, 0.1) is 5.82 Å². The Kier molecular flexibility index (Phi) is 3.66. The number of rotatable bonds is 4. The van der Waals surface area contributed by atoms with Crippen LogP contribution >= 0.6 is 0 Å². The van der Waals surface area contributed by atoms with Gasteiger partial charge >= 0.3 is 5.97 Å². The maximum Gasteiger partial charge on any atom is 0.314 e. The quantitative estimate of drug-likeness (QED) is 0.896. The molecule has 0 radical (unpaired) electrons. The highest BCUT2D eigenvalue weighted by Gasteiger charge is 2.44. The van der Waals surface area contributed by atoms with Crippen molar-refractivity contribution in [3.63, 3.8) is 0 Å². The highest BCUT2D eigenvalue weighted by atomic mass is 19.1. The van der Waals surface area contributed by atoms with Crippen LogP contribution in [0.2, 0.25) is 0 Å². The number of carboxylic acid groups (broad SMARTS) is 1. The van der Waals surface area contributed by atoms with Crippen molar-refractivity contribution in [2.75, 3.05) is 7.11 Å². The number of ether oxygens (including phenoxy) is 1. The lowest BCUT2D eigenvalue weighted by Gasteiger charge is -2.25. The summed E-state index contributed by atoms with van der Waals surface area (Å²) in [5.41, 5.74) is 0.0665. The average molecular weight is 252 g/mol. The van der Waals surface area contributed by atoms with Gasteiger partial charge in [-0.25, -0.2) is 4.39 Å². The van der Waals surface area contributed by atoms with E-state index in [0.29, 0.717) is 25.0 Å². The van der Waals surface area contributed by atoms with Gasteiger partial charge in [0.2, 0.25) is 0 Å². The van der Waals surface area contributed by atoms with Crippen LogP contribution in [-0.4, -0.2) is 18.2 Å². The number of benzene rings is 1. The summed E-state index contributed by atoms with van der Waals surface area (Å²) < 4.78 is 19.0. The van der Waals surface area contributed by atoms with E-state index in [4.69, 9.17) is 4.74 Å². The predicted molar refractivity (Wildman–Crippen MR) is 64.9 cm³/mol. The zero-order valence-corrected chi connectivity index (χ0v) is 10.4. The molecule has 1 aromatic rings. The number of hydrogen-bond acceptors (Lipinski definition) is 2. The Morgan fingerprint density at radius 1 is 1.44 bits per heavy atom. The SMILES string of the molecule is COCc1ccc(F)c(C2(C(=O)O)CCCC2)c1. The number of carbonyl (C=O) groups is 1. The molecule has 0 unspecified atom stereocenters. The lowest BCUT2D eigenvalue weighted by Crippen LogP contribution is -2.33. The molecule has 3 nitrogen and oxygen atoms in total. The normalized spacial score (nSPS) is 17.9. The molecule has 1 saturated carbocycles.